The van der Waals surface area contributed by atoms with Crippen LogP contribution in [-0.2, 0) is 10.0 Å². The third kappa shape index (κ3) is 5.02. The lowest BCUT2D eigenvalue weighted by atomic mass is 10.1. The van der Waals surface area contributed by atoms with E-state index in [1.807, 2.05) is 6.92 Å². The minimum Gasteiger partial charge on any atom is -0.490 e. The molecular formula is C11H15Cl2NO3S. The molecule has 0 aliphatic carbocycles. The van der Waals surface area contributed by atoms with E-state index in [2.05, 4.69) is 0 Å². The molecule has 0 amide bonds. The monoisotopic (exact) mass is 311 g/mol. The molecule has 102 valence electrons. The van der Waals surface area contributed by atoms with E-state index < -0.39 is 10.0 Å². The van der Waals surface area contributed by atoms with Crippen molar-refractivity contribution in [2.45, 2.75) is 13.3 Å². The summed E-state index contributed by atoms with van der Waals surface area (Å²) in [6, 6.07) is 5.02. The lowest BCUT2D eigenvalue weighted by Gasteiger charge is -2.16. The van der Waals surface area contributed by atoms with Gasteiger partial charge in [-0.3, -0.25) is 0 Å². The Morgan fingerprint density at radius 2 is 1.89 bits per heavy atom. The average Bonchev–Trinajstić information content (AvgIpc) is 2.25. The highest BCUT2D eigenvalue weighted by molar-refractivity contribution is 7.89. The summed E-state index contributed by atoms with van der Waals surface area (Å²) in [7, 11) is -3.51. The third-order valence-electron chi connectivity index (χ3n) is 2.43. The molecule has 0 aliphatic heterocycles. The number of sulfonamides is 1. The highest BCUT2D eigenvalue weighted by Gasteiger charge is 2.16. The molecule has 0 heterocycles. The maximum Gasteiger partial charge on any atom is 0.209 e. The normalized spacial score (nSPS) is 13.3. The van der Waals surface area contributed by atoms with Gasteiger partial charge in [-0.05, 0) is 18.6 Å². The summed E-state index contributed by atoms with van der Waals surface area (Å²) >= 11 is 11.9. The first-order valence-corrected chi connectivity index (χ1v) is 7.88. The van der Waals surface area contributed by atoms with Gasteiger partial charge in [0.2, 0.25) is 10.0 Å². The van der Waals surface area contributed by atoms with Crippen LogP contribution in [0.2, 0.25) is 10.0 Å². The maximum atomic E-state index is 11.0. The van der Waals surface area contributed by atoms with Crippen molar-refractivity contribution < 1.29 is 13.2 Å². The van der Waals surface area contributed by atoms with Gasteiger partial charge in [-0.15, -0.1) is 0 Å². The SMILES string of the molecule is CCC(COc1c(Cl)cccc1Cl)CS(N)(=O)=O. The Bertz CT molecular complexity index is 485. The predicted molar refractivity (Wildman–Crippen MR) is 73.7 cm³/mol. The molecule has 4 nitrogen and oxygen atoms in total. The van der Waals surface area contributed by atoms with E-state index in [9.17, 15) is 8.42 Å². The summed E-state index contributed by atoms with van der Waals surface area (Å²) in [5, 5.41) is 5.80. The number of halogens is 2. The van der Waals surface area contributed by atoms with Crippen molar-refractivity contribution in [1.29, 1.82) is 0 Å². The molecule has 0 bridgehead atoms. The van der Waals surface area contributed by atoms with E-state index in [1.54, 1.807) is 18.2 Å². The second kappa shape index (κ2) is 6.61. The molecule has 0 fully saturated rings. The second-order valence-corrected chi connectivity index (χ2v) is 6.44. The van der Waals surface area contributed by atoms with Gasteiger partial charge in [-0.2, -0.15) is 0 Å². The van der Waals surface area contributed by atoms with Crippen LogP contribution in [0.25, 0.3) is 0 Å². The Hall–Kier alpha value is -0.490. The van der Waals surface area contributed by atoms with Crippen LogP contribution in [0.1, 0.15) is 13.3 Å². The summed E-state index contributed by atoms with van der Waals surface area (Å²) in [6.07, 6.45) is 0.637. The second-order valence-electron chi connectivity index (χ2n) is 3.97. The third-order valence-corrected chi connectivity index (χ3v) is 3.96. The maximum absolute atomic E-state index is 11.0. The Labute approximate surface area is 117 Å². The quantitative estimate of drug-likeness (QED) is 0.878. The molecule has 1 rings (SSSR count). The van der Waals surface area contributed by atoms with Gasteiger partial charge in [0.05, 0.1) is 22.4 Å². The van der Waals surface area contributed by atoms with Gasteiger partial charge in [0.15, 0.2) is 5.75 Å². The molecule has 1 aromatic carbocycles. The van der Waals surface area contributed by atoms with Crippen LogP contribution in [0, 0.1) is 5.92 Å². The van der Waals surface area contributed by atoms with Gasteiger partial charge in [0.25, 0.3) is 0 Å². The van der Waals surface area contributed by atoms with Crippen LogP contribution in [0.5, 0.6) is 5.75 Å². The number of benzene rings is 1. The topological polar surface area (TPSA) is 69.4 Å². The molecular weight excluding hydrogens is 297 g/mol. The highest BCUT2D eigenvalue weighted by atomic mass is 35.5. The van der Waals surface area contributed by atoms with Crippen LogP contribution in [0.15, 0.2) is 18.2 Å². The van der Waals surface area contributed by atoms with Crippen molar-refractivity contribution in [2.24, 2.45) is 11.1 Å². The van der Waals surface area contributed by atoms with Gasteiger partial charge in [-0.25, -0.2) is 13.6 Å². The first-order chi connectivity index (χ1) is 8.33. The molecule has 1 atom stereocenters. The number of para-hydroxylation sites is 1. The average molecular weight is 312 g/mol. The summed E-state index contributed by atoms with van der Waals surface area (Å²) in [5.41, 5.74) is 0. The van der Waals surface area contributed by atoms with Crippen molar-refractivity contribution in [3.63, 3.8) is 0 Å². The van der Waals surface area contributed by atoms with Gasteiger partial charge >= 0.3 is 0 Å². The molecule has 0 radical (unpaired) electrons. The zero-order valence-electron chi connectivity index (χ0n) is 9.90. The zero-order chi connectivity index (χ0) is 13.8. The van der Waals surface area contributed by atoms with Crippen LogP contribution >= 0.6 is 23.2 Å². The number of primary sulfonamides is 1. The van der Waals surface area contributed by atoms with E-state index in [-0.39, 0.29) is 18.3 Å². The smallest absolute Gasteiger partial charge is 0.209 e. The first kappa shape index (κ1) is 15.6. The summed E-state index contributed by atoms with van der Waals surface area (Å²) < 4.78 is 27.5. The number of nitrogens with two attached hydrogens (primary N) is 1. The lowest BCUT2D eigenvalue weighted by Crippen LogP contribution is -2.26. The largest absolute Gasteiger partial charge is 0.490 e. The molecule has 1 aromatic rings. The van der Waals surface area contributed by atoms with E-state index in [0.29, 0.717) is 22.2 Å². The van der Waals surface area contributed by atoms with E-state index in [1.165, 1.54) is 0 Å². The van der Waals surface area contributed by atoms with Crippen molar-refractivity contribution in [3.05, 3.63) is 28.2 Å². The fourth-order valence-electron chi connectivity index (χ4n) is 1.43. The highest BCUT2D eigenvalue weighted by Crippen LogP contribution is 2.32. The molecule has 0 aliphatic rings. The van der Waals surface area contributed by atoms with Gasteiger partial charge in [-0.1, -0.05) is 36.2 Å². The first-order valence-electron chi connectivity index (χ1n) is 5.40. The number of hydrogen-bond acceptors (Lipinski definition) is 3. The Morgan fingerprint density at radius 1 is 1.33 bits per heavy atom. The fourth-order valence-corrected chi connectivity index (χ4v) is 2.93. The summed E-state index contributed by atoms with van der Waals surface area (Å²) in [5.74, 6) is 0.0620. The number of rotatable bonds is 6. The fraction of sp³-hybridized carbons (Fsp3) is 0.455. The van der Waals surface area contributed by atoms with Crippen molar-refractivity contribution in [2.75, 3.05) is 12.4 Å². The van der Waals surface area contributed by atoms with Crippen LogP contribution < -0.4 is 9.88 Å². The molecule has 0 spiro atoms. The molecule has 7 heteroatoms. The molecule has 0 saturated carbocycles. The van der Waals surface area contributed by atoms with Crippen LogP contribution in [0.4, 0.5) is 0 Å². The molecule has 0 saturated heterocycles. The van der Waals surface area contributed by atoms with Crippen LogP contribution in [0.3, 0.4) is 0 Å². The molecule has 1 unspecified atom stereocenters. The summed E-state index contributed by atoms with van der Waals surface area (Å²) in [4.78, 5) is 0. The van der Waals surface area contributed by atoms with E-state index in [4.69, 9.17) is 33.1 Å². The minimum atomic E-state index is -3.51. The lowest BCUT2D eigenvalue weighted by molar-refractivity contribution is 0.258. The predicted octanol–water partition coefficient (Wildman–Crippen LogP) is 2.69. The minimum absolute atomic E-state index is 0.119. The number of ether oxygens (including phenoxy) is 1. The van der Waals surface area contributed by atoms with Gasteiger partial charge in [0, 0.05) is 5.92 Å². The van der Waals surface area contributed by atoms with E-state index >= 15 is 0 Å². The Balaban J connectivity index is 2.69. The van der Waals surface area contributed by atoms with Gasteiger partial charge < -0.3 is 4.74 Å². The van der Waals surface area contributed by atoms with Crippen LogP contribution in [-0.4, -0.2) is 20.8 Å². The molecule has 2 N–H and O–H groups in total. The Morgan fingerprint density at radius 3 is 2.33 bits per heavy atom. The van der Waals surface area contributed by atoms with Gasteiger partial charge in [0.1, 0.15) is 0 Å². The standard InChI is InChI=1S/C11H15Cl2NO3S/c1-2-8(7-18(14,15)16)6-17-11-9(12)4-3-5-10(11)13/h3-5,8H,2,6-7H2,1H3,(H2,14,15,16). The molecule has 18 heavy (non-hydrogen) atoms. The van der Waals surface area contributed by atoms with Crippen molar-refractivity contribution in [1.82, 2.24) is 0 Å². The Kier molecular flexibility index (Phi) is 5.72. The zero-order valence-corrected chi connectivity index (χ0v) is 12.2. The summed E-state index contributed by atoms with van der Waals surface area (Å²) in [6.45, 7) is 2.07. The van der Waals surface area contributed by atoms with Crippen molar-refractivity contribution >= 4 is 33.2 Å². The molecule has 0 aromatic heterocycles. The van der Waals surface area contributed by atoms with E-state index in [0.717, 1.165) is 0 Å². The van der Waals surface area contributed by atoms with Crippen molar-refractivity contribution in [3.8, 4) is 5.75 Å². The number of hydrogen-bond donors (Lipinski definition) is 1.